The van der Waals surface area contributed by atoms with Crippen LogP contribution < -0.4 is 10.6 Å². The van der Waals surface area contributed by atoms with E-state index in [1.54, 1.807) is 0 Å². The van der Waals surface area contributed by atoms with Gasteiger partial charge in [-0.15, -0.1) is 0 Å². The largest absolute Gasteiger partial charge is 0.467 e. The summed E-state index contributed by atoms with van der Waals surface area (Å²) >= 11 is 0. The van der Waals surface area contributed by atoms with Crippen LogP contribution in [0.4, 0.5) is 0 Å². The zero-order valence-electron chi connectivity index (χ0n) is 18.4. The third kappa shape index (κ3) is 6.44. The first kappa shape index (κ1) is 24.9. The lowest BCUT2D eigenvalue weighted by atomic mass is 9.91. The molecule has 0 aromatic heterocycles. The van der Waals surface area contributed by atoms with E-state index in [1.807, 2.05) is 27.7 Å². The Balaban J connectivity index is 2.89. The van der Waals surface area contributed by atoms with E-state index in [-0.39, 0.29) is 23.7 Å². The first-order chi connectivity index (χ1) is 13.7. The number of amides is 2. The molecule has 0 aromatic carbocycles. The summed E-state index contributed by atoms with van der Waals surface area (Å²) in [5, 5.41) is 5.56. The second-order valence-electron chi connectivity index (χ2n) is 7.93. The van der Waals surface area contributed by atoms with Crippen molar-refractivity contribution >= 4 is 23.8 Å². The first-order valence-electron chi connectivity index (χ1n) is 10.5. The van der Waals surface area contributed by atoms with E-state index in [2.05, 4.69) is 10.6 Å². The van der Waals surface area contributed by atoms with Crippen molar-refractivity contribution in [2.75, 3.05) is 14.2 Å². The minimum Gasteiger partial charge on any atom is -0.467 e. The van der Waals surface area contributed by atoms with Gasteiger partial charge in [-0.1, -0.05) is 47.0 Å². The number of nitrogens with one attached hydrogen (secondary N) is 2. The molecule has 2 amide bonds. The molecule has 29 heavy (non-hydrogen) atoms. The van der Waals surface area contributed by atoms with Crippen molar-refractivity contribution in [1.82, 2.24) is 10.6 Å². The quantitative estimate of drug-likeness (QED) is 0.530. The highest BCUT2D eigenvalue weighted by molar-refractivity contribution is 5.92. The summed E-state index contributed by atoms with van der Waals surface area (Å²) in [6, 6.07) is -1.49. The summed E-state index contributed by atoms with van der Waals surface area (Å²) in [5.41, 5.74) is 0. The molecular formula is C21H36N2O6. The van der Waals surface area contributed by atoms with Crippen LogP contribution in [0, 0.1) is 23.7 Å². The molecule has 0 aliphatic heterocycles. The van der Waals surface area contributed by atoms with Crippen molar-refractivity contribution in [3.8, 4) is 0 Å². The van der Waals surface area contributed by atoms with E-state index in [1.165, 1.54) is 14.2 Å². The molecule has 0 radical (unpaired) electrons. The van der Waals surface area contributed by atoms with Gasteiger partial charge >= 0.3 is 11.9 Å². The molecule has 1 fully saturated rings. The van der Waals surface area contributed by atoms with Gasteiger partial charge in [0.1, 0.15) is 12.1 Å². The molecule has 6 atom stereocenters. The predicted molar refractivity (Wildman–Crippen MR) is 108 cm³/mol. The van der Waals surface area contributed by atoms with Crippen LogP contribution in [0.2, 0.25) is 0 Å². The van der Waals surface area contributed by atoms with Gasteiger partial charge in [-0.05, 0) is 24.7 Å². The highest BCUT2D eigenvalue weighted by Gasteiger charge is 2.41. The Morgan fingerprint density at radius 2 is 1.14 bits per heavy atom. The minimum absolute atomic E-state index is 0.0887. The number of ether oxygens (including phenoxy) is 2. The Kier molecular flexibility index (Phi) is 10.1. The number of hydrogen-bond acceptors (Lipinski definition) is 6. The van der Waals surface area contributed by atoms with Crippen molar-refractivity contribution in [1.29, 1.82) is 0 Å². The van der Waals surface area contributed by atoms with E-state index in [0.717, 1.165) is 6.42 Å². The van der Waals surface area contributed by atoms with E-state index in [0.29, 0.717) is 25.7 Å². The molecule has 1 rings (SSSR count). The molecule has 8 heteroatoms. The summed E-state index contributed by atoms with van der Waals surface area (Å²) in [5.74, 6) is -2.89. The molecular weight excluding hydrogens is 376 g/mol. The maximum absolute atomic E-state index is 12.9. The van der Waals surface area contributed by atoms with Gasteiger partial charge in [-0.3, -0.25) is 9.59 Å². The van der Waals surface area contributed by atoms with Crippen LogP contribution in [0.25, 0.3) is 0 Å². The maximum Gasteiger partial charge on any atom is 0.328 e. The Bertz CT molecular complexity index is 544. The predicted octanol–water partition coefficient (Wildman–Crippen LogP) is 1.81. The number of esters is 2. The molecule has 0 heterocycles. The number of rotatable bonds is 10. The highest BCUT2D eigenvalue weighted by Crippen LogP contribution is 2.33. The van der Waals surface area contributed by atoms with Crippen LogP contribution in [0.1, 0.15) is 59.8 Å². The van der Waals surface area contributed by atoms with Crippen molar-refractivity contribution in [2.45, 2.75) is 71.9 Å². The number of hydrogen-bond donors (Lipinski definition) is 2. The maximum atomic E-state index is 12.9. The topological polar surface area (TPSA) is 111 Å². The van der Waals surface area contributed by atoms with E-state index in [4.69, 9.17) is 9.47 Å². The molecule has 8 nitrogen and oxygen atoms in total. The Morgan fingerprint density at radius 3 is 1.41 bits per heavy atom. The van der Waals surface area contributed by atoms with E-state index >= 15 is 0 Å². The fraction of sp³-hybridized carbons (Fsp3) is 0.810. The van der Waals surface area contributed by atoms with Gasteiger partial charge in [0.15, 0.2) is 0 Å². The summed E-state index contributed by atoms with van der Waals surface area (Å²) in [6.07, 6.45) is 3.25. The van der Waals surface area contributed by atoms with Gasteiger partial charge in [0, 0.05) is 11.8 Å². The molecule has 0 aromatic rings. The average molecular weight is 413 g/mol. The zero-order valence-corrected chi connectivity index (χ0v) is 18.4. The van der Waals surface area contributed by atoms with Gasteiger partial charge in [0.05, 0.1) is 14.2 Å². The number of carbonyl (C=O) groups excluding carboxylic acids is 4. The fourth-order valence-electron chi connectivity index (χ4n) is 3.70. The first-order valence-corrected chi connectivity index (χ1v) is 10.5. The van der Waals surface area contributed by atoms with Gasteiger partial charge in [0.2, 0.25) is 11.8 Å². The second kappa shape index (κ2) is 11.8. The van der Waals surface area contributed by atoms with Crippen LogP contribution in [0.5, 0.6) is 0 Å². The van der Waals surface area contributed by atoms with Crippen LogP contribution >= 0.6 is 0 Å². The summed E-state index contributed by atoms with van der Waals surface area (Å²) in [6.45, 7) is 7.60. The van der Waals surface area contributed by atoms with Crippen LogP contribution in [0.15, 0.2) is 0 Å². The molecule has 0 bridgehead atoms. The summed E-state index contributed by atoms with van der Waals surface area (Å²) < 4.78 is 9.64. The van der Waals surface area contributed by atoms with Crippen LogP contribution in [-0.2, 0) is 28.7 Å². The van der Waals surface area contributed by atoms with Crippen molar-refractivity contribution in [2.24, 2.45) is 23.7 Å². The Labute approximate surface area is 173 Å². The van der Waals surface area contributed by atoms with Gasteiger partial charge in [-0.2, -0.15) is 0 Å². The standard InChI is InChI=1S/C21H36N2O6/c1-7-12(3)16(20(26)28-5)22-18(24)14-10-9-11-15(14)19(25)23-17(13(4)8-2)21(27)29-6/h12-17H,7-11H2,1-6H3,(H,22,24)(H,23,25)/t12-,13-,14-,15-,16+,17+/m1/s1. The van der Waals surface area contributed by atoms with Crippen molar-refractivity contribution < 1.29 is 28.7 Å². The molecule has 1 aliphatic rings. The molecule has 0 saturated heterocycles. The third-order valence-corrected chi connectivity index (χ3v) is 6.12. The number of methoxy groups -OCH3 is 2. The van der Waals surface area contributed by atoms with Gasteiger partial charge < -0.3 is 20.1 Å². The van der Waals surface area contributed by atoms with Crippen molar-refractivity contribution in [3.05, 3.63) is 0 Å². The molecule has 166 valence electrons. The van der Waals surface area contributed by atoms with Crippen LogP contribution in [-0.4, -0.2) is 50.1 Å². The Hall–Kier alpha value is -2.12. The normalized spacial score (nSPS) is 22.7. The molecule has 0 spiro atoms. The minimum atomic E-state index is -0.746. The van der Waals surface area contributed by atoms with Gasteiger partial charge in [0.25, 0.3) is 0 Å². The lowest BCUT2D eigenvalue weighted by molar-refractivity contribution is -0.149. The molecule has 1 aliphatic carbocycles. The lowest BCUT2D eigenvalue weighted by Crippen LogP contribution is -2.51. The van der Waals surface area contributed by atoms with Crippen molar-refractivity contribution in [3.63, 3.8) is 0 Å². The Morgan fingerprint density at radius 1 is 0.793 bits per heavy atom. The summed E-state index contributed by atoms with van der Waals surface area (Å²) in [4.78, 5) is 49.9. The average Bonchev–Trinajstić information content (AvgIpc) is 3.23. The molecule has 0 unspecified atom stereocenters. The fourth-order valence-corrected chi connectivity index (χ4v) is 3.70. The third-order valence-electron chi connectivity index (χ3n) is 6.12. The van der Waals surface area contributed by atoms with E-state index < -0.39 is 35.9 Å². The smallest absolute Gasteiger partial charge is 0.328 e. The highest BCUT2D eigenvalue weighted by atomic mass is 16.5. The molecule has 2 N–H and O–H groups in total. The van der Waals surface area contributed by atoms with E-state index in [9.17, 15) is 19.2 Å². The van der Waals surface area contributed by atoms with Crippen LogP contribution in [0.3, 0.4) is 0 Å². The SMILES string of the molecule is CC[C@@H](C)[C@H](NC(=O)[C@@H]1CCC[C@H]1C(=O)N[C@H](C(=O)OC)[C@H](C)CC)C(=O)OC. The summed E-state index contributed by atoms with van der Waals surface area (Å²) in [7, 11) is 2.58. The molecule has 1 saturated carbocycles. The zero-order chi connectivity index (χ0) is 22.1. The van der Waals surface area contributed by atoms with Gasteiger partial charge in [-0.25, -0.2) is 9.59 Å². The lowest BCUT2D eigenvalue weighted by Gasteiger charge is -2.27. The number of carbonyl (C=O) groups is 4. The second-order valence-corrected chi connectivity index (χ2v) is 7.93. The monoisotopic (exact) mass is 412 g/mol.